The average molecular weight is 266 g/mol. The van der Waals surface area contributed by atoms with Gasteiger partial charge < -0.3 is 5.32 Å². The zero-order valence-corrected chi connectivity index (χ0v) is 11.6. The molecule has 0 aliphatic heterocycles. The topological polar surface area (TPSA) is 15.3 Å². The second kappa shape index (κ2) is 6.75. The second-order valence-corrected chi connectivity index (χ2v) is 5.49. The van der Waals surface area contributed by atoms with Crippen molar-refractivity contribution in [2.45, 2.75) is 58.3 Å². The lowest BCUT2D eigenvalue weighted by Crippen LogP contribution is -2.55. The van der Waals surface area contributed by atoms with Gasteiger partial charge in [-0.15, -0.1) is 0 Å². The maximum atomic E-state index is 12.6. The Hall–Kier alpha value is -0.290. The quantitative estimate of drug-likeness (QED) is 0.713. The zero-order valence-electron chi connectivity index (χ0n) is 11.6. The van der Waals surface area contributed by atoms with Crippen LogP contribution in [0, 0.1) is 5.92 Å². The standard InChI is InChI=1S/C13H25F3N2/c1-4-7-17-8-11-5-6-12(11)18(10(2)3)9-13(14,15)16/h10-12,17H,4-9H2,1-3H3. The number of alkyl halides is 3. The highest BCUT2D eigenvalue weighted by atomic mass is 19.4. The molecule has 0 bridgehead atoms. The van der Waals surface area contributed by atoms with Crippen molar-refractivity contribution in [2.75, 3.05) is 19.6 Å². The molecule has 0 aromatic rings. The van der Waals surface area contributed by atoms with Crippen molar-refractivity contribution in [1.82, 2.24) is 10.2 Å². The molecule has 1 saturated carbocycles. The lowest BCUT2D eigenvalue weighted by Gasteiger charge is -2.46. The summed E-state index contributed by atoms with van der Waals surface area (Å²) in [4.78, 5) is 1.61. The van der Waals surface area contributed by atoms with Gasteiger partial charge >= 0.3 is 6.18 Å². The van der Waals surface area contributed by atoms with Crippen molar-refractivity contribution in [3.8, 4) is 0 Å². The van der Waals surface area contributed by atoms with Gasteiger partial charge in [0.2, 0.25) is 0 Å². The minimum absolute atomic E-state index is 0.0504. The maximum absolute atomic E-state index is 12.6. The van der Waals surface area contributed by atoms with Crippen molar-refractivity contribution >= 4 is 0 Å². The second-order valence-electron chi connectivity index (χ2n) is 5.49. The molecule has 1 rings (SSSR count). The van der Waals surface area contributed by atoms with Crippen LogP contribution in [0.1, 0.15) is 40.0 Å². The van der Waals surface area contributed by atoms with Crippen molar-refractivity contribution in [3.05, 3.63) is 0 Å². The van der Waals surface area contributed by atoms with Crippen LogP contribution in [0.15, 0.2) is 0 Å². The third kappa shape index (κ3) is 4.76. The van der Waals surface area contributed by atoms with E-state index in [0.29, 0.717) is 5.92 Å². The van der Waals surface area contributed by atoms with Crippen molar-refractivity contribution in [2.24, 2.45) is 5.92 Å². The smallest absolute Gasteiger partial charge is 0.316 e. The first-order chi connectivity index (χ1) is 8.35. The van der Waals surface area contributed by atoms with Gasteiger partial charge in [0, 0.05) is 12.1 Å². The van der Waals surface area contributed by atoms with Crippen LogP contribution in [-0.4, -0.2) is 42.8 Å². The van der Waals surface area contributed by atoms with E-state index in [1.807, 2.05) is 13.8 Å². The maximum Gasteiger partial charge on any atom is 0.401 e. The molecule has 1 N–H and O–H groups in total. The fourth-order valence-corrected chi connectivity index (χ4v) is 2.58. The highest BCUT2D eigenvalue weighted by Gasteiger charge is 2.41. The molecule has 0 amide bonds. The van der Waals surface area contributed by atoms with Gasteiger partial charge in [-0.05, 0) is 52.1 Å². The summed E-state index contributed by atoms with van der Waals surface area (Å²) < 4.78 is 37.7. The van der Waals surface area contributed by atoms with Gasteiger partial charge in [0.1, 0.15) is 0 Å². The van der Waals surface area contributed by atoms with Crippen LogP contribution in [-0.2, 0) is 0 Å². The molecule has 0 radical (unpaired) electrons. The molecular formula is C13H25F3N2. The molecule has 2 atom stereocenters. The van der Waals surface area contributed by atoms with E-state index >= 15 is 0 Å². The van der Waals surface area contributed by atoms with Crippen LogP contribution in [0.5, 0.6) is 0 Å². The predicted molar refractivity (Wildman–Crippen MR) is 67.6 cm³/mol. The molecule has 5 heteroatoms. The first-order valence-electron chi connectivity index (χ1n) is 6.88. The van der Waals surface area contributed by atoms with Gasteiger partial charge in [-0.1, -0.05) is 6.92 Å². The minimum Gasteiger partial charge on any atom is -0.316 e. The van der Waals surface area contributed by atoms with E-state index in [-0.39, 0.29) is 12.1 Å². The summed E-state index contributed by atoms with van der Waals surface area (Å²) in [6.45, 7) is 6.81. The molecule has 1 fully saturated rings. The molecule has 0 spiro atoms. The number of hydrogen-bond donors (Lipinski definition) is 1. The predicted octanol–water partition coefficient (Wildman–Crippen LogP) is 3.04. The Kier molecular flexibility index (Phi) is 5.92. The number of hydrogen-bond acceptors (Lipinski definition) is 2. The molecule has 0 aromatic heterocycles. The number of nitrogens with zero attached hydrogens (tertiary/aromatic N) is 1. The molecule has 0 heterocycles. The van der Waals surface area contributed by atoms with E-state index in [0.717, 1.165) is 32.4 Å². The summed E-state index contributed by atoms with van der Waals surface area (Å²) in [5.41, 5.74) is 0. The van der Waals surface area contributed by atoms with Crippen LogP contribution in [0.25, 0.3) is 0 Å². The van der Waals surface area contributed by atoms with Gasteiger partial charge in [-0.2, -0.15) is 13.2 Å². The molecule has 0 saturated heterocycles. The first kappa shape index (κ1) is 15.8. The van der Waals surface area contributed by atoms with E-state index in [1.54, 1.807) is 4.90 Å². The molecule has 2 nitrogen and oxygen atoms in total. The van der Waals surface area contributed by atoms with Crippen LogP contribution < -0.4 is 5.32 Å². The number of halogens is 3. The molecular weight excluding hydrogens is 241 g/mol. The van der Waals surface area contributed by atoms with Gasteiger partial charge in [-0.25, -0.2) is 0 Å². The molecule has 0 aromatic carbocycles. The van der Waals surface area contributed by atoms with E-state index in [2.05, 4.69) is 12.2 Å². The van der Waals surface area contributed by atoms with Crippen molar-refractivity contribution in [3.63, 3.8) is 0 Å². The van der Waals surface area contributed by atoms with E-state index in [9.17, 15) is 13.2 Å². The Morgan fingerprint density at radius 1 is 1.28 bits per heavy atom. The lowest BCUT2D eigenvalue weighted by molar-refractivity contribution is -0.163. The van der Waals surface area contributed by atoms with Gasteiger partial charge in [-0.3, -0.25) is 4.90 Å². The van der Waals surface area contributed by atoms with Crippen LogP contribution in [0.3, 0.4) is 0 Å². The van der Waals surface area contributed by atoms with Gasteiger partial charge in [0.15, 0.2) is 0 Å². The zero-order chi connectivity index (χ0) is 13.8. The Labute approximate surface area is 108 Å². The fraction of sp³-hybridized carbons (Fsp3) is 1.00. The fourth-order valence-electron chi connectivity index (χ4n) is 2.58. The Morgan fingerprint density at radius 2 is 1.94 bits per heavy atom. The Morgan fingerprint density at radius 3 is 2.33 bits per heavy atom. The van der Waals surface area contributed by atoms with Crippen LogP contribution >= 0.6 is 0 Å². The van der Waals surface area contributed by atoms with E-state index < -0.39 is 12.7 Å². The van der Waals surface area contributed by atoms with E-state index in [1.165, 1.54) is 0 Å². The third-order valence-corrected chi connectivity index (χ3v) is 3.66. The number of rotatable bonds is 7. The SMILES string of the molecule is CCCNCC1CCC1N(CC(F)(F)F)C(C)C. The molecule has 2 unspecified atom stereocenters. The Bertz CT molecular complexity index is 241. The summed E-state index contributed by atoms with van der Waals surface area (Å²) in [6.07, 6.45) is -1.09. The third-order valence-electron chi connectivity index (χ3n) is 3.66. The normalized spacial score (nSPS) is 24.7. The van der Waals surface area contributed by atoms with Gasteiger partial charge in [0.05, 0.1) is 6.54 Å². The summed E-state index contributed by atoms with van der Waals surface area (Å²) in [5.74, 6) is 0.376. The highest BCUT2D eigenvalue weighted by Crippen LogP contribution is 2.34. The van der Waals surface area contributed by atoms with Crippen LogP contribution in [0.2, 0.25) is 0 Å². The van der Waals surface area contributed by atoms with Gasteiger partial charge in [0.25, 0.3) is 0 Å². The van der Waals surface area contributed by atoms with Crippen molar-refractivity contribution < 1.29 is 13.2 Å². The highest BCUT2D eigenvalue weighted by molar-refractivity contribution is 4.92. The van der Waals surface area contributed by atoms with Crippen molar-refractivity contribution in [1.29, 1.82) is 0 Å². The van der Waals surface area contributed by atoms with Crippen LogP contribution in [0.4, 0.5) is 13.2 Å². The summed E-state index contributed by atoms with van der Waals surface area (Å²) in [6, 6.07) is 0.0431. The lowest BCUT2D eigenvalue weighted by atomic mass is 9.77. The molecule has 18 heavy (non-hydrogen) atoms. The minimum atomic E-state index is -4.10. The number of nitrogens with one attached hydrogen (secondary N) is 1. The molecule has 1 aliphatic rings. The van der Waals surface area contributed by atoms with E-state index in [4.69, 9.17) is 0 Å². The largest absolute Gasteiger partial charge is 0.401 e. The average Bonchev–Trinajstić information content (AvgIpc) is 2.19. The summed E-state index contributed by atoms with van der Waals surface area (Å²) >= 11 is 0. The summed E-state index contributed by atoms with van der Waals surface area (Å²) in [7, 11) is 0. The summed E-state index contributed by atoms with van der Waals surface area (Å²) in [5, 5.41) is 3.32. The Balaban J connectivity index is 2.48. The molecule has 1 aliphatic carbocycles. The molecule has 108 valence electrons. The first-order valence-corrected chi connectivity index (χ1v) is 6.88. The monoisotopic (exact) mass is 266 g/mol.